The van der Waals surface area contributed by atoms with Crippen molar-refractivity contribution in [3.8, 4) is 0 Å². The summed E-state index contributed by atoms with van der Waals surface area (Å²) in [5.74, 6) is -0.249. The lowest BCUT2D eigenvalue weighted by Crippen LogP contribution is -2.34. The van der Waals surface area contributed by atoms with Crippen molar-refractivity contribution in [3.63, 3.8) is 0 Å². The van der Waals surface area contributed by atoms with E-state index >= 15 is 0 Å². The molecule has 0 spiro atoms. The van der Waals surface area contributed by atoms with Crippen LogP contribution in [0.3, 0.4) is 0 Å². The van der Waals surface area contributed by atoms with Crippen LogP contribution in [0.2, 0.25) is 0 Å². The van der Waals surface area contributed by atoms with Crippen LogP contribution in [0, 0.1) is 0 Å². The van der Waals surface area contributed by atoms with Gasteiger partial charge >= 0.3 is 0 Å². The molecule has 74 valence electrons. The summed E-state index contributed by atoms with van der Waals surface area (Å²) in [6.45, 7) is 4.46. The van der Waals surface area contributed by atoms with Crippen LogP contribution in [0.1, 0.15) is 33.1 Å². The van der Waals surface area contributed by atoms with Crippen LogP contribution in [0.5, 0.6) is 0 Å². The molecule has 1 amide bonds. The van der Waals surface area contributed by atoms with Crippen molar-refractivity contribution in [2.45, 2.75) is 39.2 Å². The second-order valence-electron chi connectivity index (χ2n) is 2.55. The molecule has 0 bridgehead atoms. The first kappa shape index (κ1) is 14.3. The molecule has 0 unspecified atom stereocenters. The standard InChI is InChI=1S/C8H17NO2.ClH/c1-3-5-6-7(10)8(11)9-4-2;/h7,10H,3-6H2,1-2H3,(H,9,11);1H/t7-;/m0./s1. The summed E-state index contributed by atoms with van der Waals surface area (Å²) in [6.07, 6.45) is 1.67. The Balaban J connectivity index is 0. The number of likely N-dealkylation sites (N-methyl/N-ethyl adjacent to an activating group) is 1. The van der Waals surface area contributed by atoms with Crippen LogP contribution in [-0.2, 0) is 4.79 Å². The number of halogens is 1. The van der Waals surface area contributed by atoms with Gasteiger partial charge < -0.3 is 10.4 Å². The molecule has 0 aromatic heterocycles. The summed E-state index contributed by atoms with van der Waals surface area (Å²) in [7, 11) is 0. The number of hydrogen-bond acceptors (Lipinski definition) is 2. The van der Waals surface area contributed by atoms with E-state index < -0.39 is 6.10 Å². The third-order valence-electron chi connectivity index (χ3n) is 1.48. The van der Waals surface area contributed by atoms with Gasteiger partial charge in [-0.1, -0.05) is 19.8 Å². The molecule has 0 aromatic carbocycles. The van der Waals surface area contributed by atoms with Gasteiger partial charge in [0.1, 0.15) is 6.10 Å². The van der Waals surface area contributed by atoms with Gasteiger partial charge in [0, 0.05) is 6.54 Å². The lowest BCUT2D eigenvalue weighted by Gasteiger charge is -2.08. The lowest BCUT2D eigenvalue weighted by molar-refractivity contribution is -0.129. The highest BCUT2D eigenvalue weighted by molar-refractivity contribution is 5.85. The molecular weight excluding hydrogens is 178 g/mol. The van der Waals surface area contributed by atoms with Crippen molar-refractivity contribution in [2.24, 2.45) is 0 Å². The normalized spacial score (nSPS) is 11.6. The smallest absolute Gasteiger partial charge is 0.248 e. The first-order valence-corrected chi connectivity index (χ1v) is 4.18. The predicted molar refractivity (Wildman–Crippen MR) is 51.5 cm³/mol. The SMILES string of the molecule is CCCC[C@H](O)C(=O)NCC.Cl. The fourth-order valence-electron chi connectivity index (χ4n) is 0.821. The number of unbranched alkanes of at least 4 members (excludes halogenated alkanes) is 1. The average Bonchev–Trinajstić information content (AvgIpc) is 2.00. The van der Waals surface area contributed by atoms with Crippen LogP contribution < -0.4 is 5.32 Å². The maximum atomic E-state index is 10.9. The summed E-state index contributed by atoms with van der Waals surface area (Å²) in [6, 6.07) is 0. The summed E-state index contributed by atoms with van der Waals surface area (Å²) in [5.41, 5.74) is 0. The maximum Gasteiger partial charge on any atom is 0.248 e. The molecule has 3 nitrogen and oxygen atoms in total. The van der Waals surface area contributed by atoms with Crippen molar-refractivity contribution >= 4 is 18.3 Å². The largest absolute Gasteiger partial charge is 0.383 e. The van der Waals surface area contributed by atoms with Gasteiger partial charge in [-0.05, 0) is 13.3 Å². The molecule has 0 rings (SSSR count). The Bertz CT molecular complexity index is 120. The molecule has 0 aliphatic heterocycles. The topological polar surface area (TPSA) is 49.3 Å². The molecule has 0 saturated carbocycles. The van der Waals surface area contributed by atoms with Gasteiger partial charge in [0.2, 0.25) is 5.91 Å². The zero-order chi connectivity index (χ0) is 8.69. The van der Waals surface area contributed by atoms with E-state index in [1.165, 1.54) is 0 Å². The Labute approximate surface area is 80.0 Å². The number of aliphatic hydroxyl groups is 1. The molecule has 1 atom stereocenters. The van der Waals surface area contributed by atoms with Crippen molar-refractivity contribution in [2.75, 3.05) is 6.54 Å². The Morgan fingerprint density at radius 3 is 2.50 bits per heavy atom. The minimum absolute atomic E-state index is 0. The third kappa shape index (κ3) is 6.43. The van der Waals surface area contributed by atoms with Crippen molar-refractivity contribution in [1.29, 1.82) is 0 Å². The maximum absolute atomic E-state index is 10.9. The number of aliphatic hydroxyl groups excluding tert-OH is 1. The van der Waals surface area contributed by atoms with Gasteiger partial charge in [-0.25, -0.2) is 0 Å². The average molecular weight is 196 g/mol. The second kappa shape index (κ2) is 8.81. The third-order valence-corrected chi connectivity index (χ3v) is 1.48. The monoisotopic (exact) mass is 195 g/mol. The molecule has 0 radical (unpaired) electrons. The molecule has 0 saturated heterocycles. The fraction of sp³-hybridized carbons (Fsp3) is 0.875. The summed E-state index contributed by atoms with van der Waals surface area (Å²) in [4.78, 5) is 10.9. The van der Waals surface area contributed by atoms with Crippen molar-refractivity contribution in [3.05, 3.63) is 0 Å². The number of carbonyl (C=O) groups is 1. The summed E-state index contributed by atoms with van der Waals surface area (Å²) >= 11 is 0. The van der Waals surface area contributed by atoms with E-state index in [1.54, 1.807) is 0 Å². The van der Waals surface area contributed by atoms with E-state index in [0.29, 0.717) is 13.0 Å². The van der Waals surface area contributed by atoms with E-state index in [4.69, 9.17) is 5.11 Å². The van der Waals surface area contributed by atoms with Crippen molar-refractivity contribution < 1.29 is 9.90 Å². The molecule has 0 aliphatic carbocycles. The van der Waals surface area contributed by atoms with Gasteiger partial charge in [-0.2, -0.15) is 0 Å². The quantitative estimate of drug-likeness (QED) is 0.690. The number of amides is 1. The summed E-state index contributed by atoms with van der Waals surface area (Å²) in [5, 5.41) is 11.7. The highest BCUT2D eigenvalue weighted by Crippen LogP contribution is 1.99. The molecule has 0 fully saturated rings. The van der Waals surface area contributed by atoms with E-state index in [9.17, 15) is 4.79 Å². The van der Waals surface area contributed by atoms with Gasteiger partial charge in [0.05, 0.1) is 0 Å². The number of carbonyl (C=O) groups excluding carboxylic acids is 1. The highest BCUT2D eigenvalue weighted by Gasteiger charge is 2.11. The first-order chi connectivity index (χ1) is 5.22. The lowest BCUT2D eigenvalue weighted by atomic mass is 10.1. The molecular formula is C8H18ClNO2. The minimum atomic E-state index is -0.810. The molecule has 0 aliphatic rings. The molecule has 0 aromatic rings. The van der Waals surface area contributed by atoms with E-state index in [0.717, 1.165) is 12.8 Å². The van der Waals surface area contributed by atoms with E-state index in [-0.39, 0.29) is 18.3 Å². The zero-order valence-electron chi connectivity index (χ0n) is 7.67. The zero-order valence-corrected chi connectivity index (χ0v) is 8.49. The first-order valence-electron chi connectivity index (χ1n) is 4.18. The highest BCUT2D eigenvalue weighted by atomic mass is 35.5. The second-order valence-corrected chi connectivity index (χ2v) is 2.55. The minimum Gasteiger partial charge on any atom is -0.383 e. The number of nitrogens with one attached hydrogen (secondary N) is 1. The van der Waals surface area contributed by atoms with Gasteiger partial charge in [-0.15, -0.1) is 12.4 Å². The van der Waals surface area contributed by atoms with Gasteiger partial charge in [-0.3, -0.25) is 4.79 Å². The number of rotatable bonds is 5. The van der Waals surface area contributed by atoms with Crippen LogP contribution in [0.4, 0.5) is 0 Å². The molecule has 4 heteroatoms. The fourth-order valence-corrected chi connectivity index (χ4v) is 0.821. The Kier molecular flexibility index (Phi) is 10.5. The summed E-state index contributed by atoms with van der Waals surface area (Å²) < 4.78 is 0. The van der Waals surface area contributed by atoms with Crippen LogP contribution >= 0.6 is 12.4 Å². The van der Waals surface area contributed by atoms with Gasteiger partial charge in [0.25, 0.3) is 0 Å². The van der Waals surface area contributed by atoms with Gasteiger partial charge in [0.15, 0.2) is 0 Å². The Hall–Kier alpha value is -0.280. The van der Waals surface area contributed by atoms with E-state index in [1.807, 2.05) is 13.8 Å². The molecule has 0 heterocycles. The van der Waals surface area contributed by atoms with Crippen LogP contribution in [-0.4, -0.2) is 23.7 Å². The Morgan fingerprint density at radius 2 is 2.08 bits per heavy atom. The van der Waals surface area contributed by atoms with E-state index in [2.05, 4.69) is 5.32 Å². The van der Waals surface area contributed by atoms with Crippen LogP contribution in [0.25, 0.3) is 0 Å². The molecule has 12 heavy (non-hydrogen) atoms. The predicted octanol–water partition coefficient (Wildman–Crippen LogP) is 1.10. The van der Waals surface area contributed by atoms with Crippen LogP contribution in [0.15, 0.2) is 0 Å². The molecule has 2 N–H and O–H groups in total. The number of hydrogen-bond donors (Lipinski definition) is 2. The Morgan fingerprint density at radius 1 is 1.50 bits per heavy atom. The van der Waals surface area contributed by atoms with Crippen molar-refractivity contribution in [1.82, 2.24) is 5.32 Å².